The number of benzene rings is 1. The molecule has 0 bridgehead atoms. The minimum atomic E-state index is -0.439. The number of Topliss-reactive ketones (excluding diaryl/α,β-unsaturated/α-hetero) is 1. The summed E-state index contributed by atoms with van der Waals surface area (Å²) in [5, 5.41) is 28.5. The second kappa shape index (κ2) is 8.37. The third-order valence-corrected chi connectivity index (χ3v) is 2.25. The predicted molar refractivity (Wildman–Crippen MR) is 93.0 cm³/mol. The molecule has 0 radical (unpaired) electrons. The maximum atomic E-state index is 11.1. The second-order valence-electron chi connectivity index (χ2n) is 3.42. The number of carbonyl (C=O) groups is 1. The van der Waals surface area contributed by atoms with Crippen molar-refractivity contribution in [2.75, 3.05) is 0 Å². The molecular weight excluding hydrogens is 616 g/mol. The summed E-state index contributed by atoms with van der Waals surface area (Å²) in [4.78, 5) is 10.8. The zero-order valence-electron chi connectivity index (χ0n) is 9.83. The fourth-order valence-corrected chi connectivity index (χ4v) is 1.33. The van der Waals surface area contributed by atoms with Gasteiger partial charge in [0.15, 0.2) is 5.78 Å². The summed E-state index contributed by atoms with van der Waals surface area (Å²) >= 11 is 7.39. The van der Waals surface area contributed by atoms with Crippen molar-refractivity contribution < 1.29 is 25.0 Å². The predicted octanol–water partition coefficient (Wildman–Crippen LogP) is 4.28. The number of ketones is 1. The van der Waals surface area contributed by atoms with Gasteiger partial charge in [-0.3, -0.25) is 4.79 Å². The van der Waals surface area contributed by atoms with Gasteiger partial charge in [-0.1, -0.05) is 0 Å². The monoisotopic (exact) mass is 628 g/mol. The zero-order chi connectivity index (χ0) is 14.6. The summed E-state index contributed by atoms with van der Waals surface area (Å²) in [5.41, 5.74) is 0.258. The Balaban J connectivity index is 0.000000631. The number of hydrogen-bond donors (Lipinski definition) is 3. The van der Waals surface area contributed by atoms with Crippen LogP contribution in [0.3, 0.4) is 0 Å². The minimum absolute atomic E-state index is 0.141. The third kappa shape index (κ3) is 5.21. The quantitative estimate of drug-likeness (QED) is 0.321. The van der Waals surface area contributed by atoms with Gasteiger partial charge in [0.25, 0.3) is 0 Å². The molecule has 0 heterocycles. The molecule has 4 nitrogen and oxygen atoms in total. The van der Waals surface area contributed by atoms with Gasteiger partial charge >= 0.3 is 64.9 Å². The van der Waals surface area contributed by atoms with Crippen LogP contribution < -0.4 is 0 Å². The van der Waals surface area contributed by atoms with Crippen LogP contribution in [0.2, 0.25) is 0 Å². The van der Waals surface area contributed by atoms with Crippen LogP contribution in [0.4, 0.5) is 0 Å². The molecule has 0 spiro atoms. The Kier molecular flexibility index (Phi) is 8.87. The molecule has 0 atom stereocenters. The van der Waals surface area contributed by atoms with Crippen molar-refractivity contribution in [2.45, 2.75) is 20.8 Å². The van der Waals surface area contributed by atoms with Gasteiger partial charge in [-0.05, 0) is 20.8 Å². The summed E-state index contributed by atoms with van der Waals surface area (Å²) in [5.74, 6) is -1.35. The van der Waals surface area contributed by atoms with Gasteiger partial charge in [0, 0.05) is 11.1 Å². The van der Waals surface area contributed by atoms with Gasteiger partial charge < -0.3 is 15.3 Å². The number of carbonyl (C=O) groups excluding carboxylic acids is 1. The zero-order valence-corrected chi connectivity index (χ0v) is 17.7. The number of phenolic OH excluding ortho intramolecular Hbond substituents is 3. The topological polar surface area (TPSA) is 77.8 Å². The Morgan fingerprint density at radius 3 is 1.44 bits per heavy atom. The van der Waals surface area contributed by atoms with Gasteiger partial charge in [-0.2, -0.15) is 0 Å². The fraction of sp³-hybridized carbons (Fsp3) is 0.300. The van der Waals surface area contributed by atoms with E-state index in [9.17, 15) is 20.1 Å². The number of halogens is 3. The molecular formula is C10H12I3O4V. The molecule has 102 valence electrons. The number of phenols is 3. The first-order chi connectivity index (χ1) is 8.11. The summed E-state index contributed by atoms with van der Waals surface area (Å²) < 4.78 is 0. The SMILES string of the molecule is CC(=O)c1c(O)c(C)c(O)c(C)c1O.[I][V]([I])[I]. The van der Waals surface area contributed by atoms with E-state index in [0.29, 0.717) is 0 Å². The van der Waals surface area contributed by atoms with Gasteiger partial charge in [0.05, 0.1) is 0 Å². The molecule has 0 aliphatic heterocycles. The Bertz CT molecular complexity index is 431. The fourth-order valence-electron chi connectivity index (χ4n) is 1.33. The van der Waals surface area contributed by atoms with E-state index in [-0.39, 0.29) is 38.9 Å². The molecule has 0 saturated carbocycles. The van der Waals surface area contributed by atoms with E-state index in [1.807, 2.05) is 0 Å². The van der Waals surface area contributed by atoms with Crippen molar-refractivity contribution in [2.24, 2.45) is 0 Å². The maximum absolute atomic E-state index is 11.1. The summed E-state index contributed by atoms with van der Waals surface area (Å²) in [6, 6.07) is 0. The molecule has 8 heteroatoms. The summed E-state index contributed by atoms with van der Waals surface area (Å²) in [6.45, 7) is 4.19. The van der Waals surface area contributed by atoms with Crippen LogP contribution in [0.25, 0.3) is 0 Å². The molecule has 3 N–H and O–H groups in total. The Morgan fingerprint density at radius 2 is 1.22 bits per heavy atom. The van der Waals surface area contributed by atoms with Crippen LogP contribution in [0.1, 0.15) is 28.4 Å². The van der Waals surface area contributed by atoms with E-state index in [2.05, 4.69) is 59.9 Å². The van der Waals surface area contributed by atoms with Crippen LogP contribution in [-0.2, 0) is 4.92 Å². The molecule has 0 unspecified atom stereocenters. The Labute approximate surface area is 143 Å². The average Bonchev–Trinajstić information content (AvgIpc) is 2.22. The van der Waals surface area contributed by atoms with Crippen molar-refractivity contribution in [3.63, 3.8) is 0 Å². The van der Waals surface area contributed by atoms with E-state index in [0.717, 1.165) is 0 Å². The Hall–Kier alpha value is 1.06. The van der Waals surface area contributed by atoms with E-state index in [4.69, 9.17) is 0 Å². The Morgan fingerprint density at radius 1 is 0.944 bits per heavy atom. The van der Waals surface area contributed by atoms with Crippen LogP contribution in [0, 0.1) is 13.8 Å². The molecule has 1 aromatic rings. The molecule has 0 amide bonds. The summed E-state index contributed by atoms with van der Waals surface area (Å²) in [7, 11) is 0. The second-order valence-corrected chi connectivity index (χ2v) is 38.8. The van der Waals surface area contributed by atoms with Crippen molar-refractivity contribution in [3.8, 4) is 17.2 Å². The first-order valence-corrected chi connectivity index (χ1v) is 18.2. The van der Waals surface area contributed by atoms with Crippen molar-refractivity contribution in [1.29, 1.82) is 0 Å². The van der Waals surface area contributed by atoms with E-state index in [1.165, 1.54) is 20.8 Å². The van der Waals surface area contributed by atoms with Crippen LogP contribution in [0.5, 0.6) is 17.2 Å². The third-order valence-electron chi connectivity index (χ3n) is 2.25. The molecule has 1 rings (SSSR count). The summed E-state index contributed by atoms with van der Waals surface area (Å²) in [6.07, 6.45) is 0. The van der Waals surface area contributed by atoms with Gasteiger partial charge in [-0.15, -0.1) is 0 Å². The van der Waals surface area contributed by atoms with Crippen molar-refractivity contribution in [1.82, 2.24) is 0 Å². The van der Waals surface area contributed by atoms with Gasteiger partial charge in [0.1, 0.15) is 22.8 Å². The number of aromatic hydroxyl groups is 3. The standard InChI is InChI=1S/C10H12O4.3HI.V/c1-4-8(12)5(2)10(14)7(6(3)11)9(4)13;;;;/h12-14H,1-3H3;3*1H;/q;;;;+3/p-3. The van der Waals surface area contributed by atoms with E-state index >= 15 is 0 Å². The normalized spacial score (nSPS) is 9.94. The first-order valence-electron chi connectivity index (χ1n) is 4.63. The van der Waals surface area contributed by atoms with Crippen LogP contribution >= 0.6 is 59.9 Å². The van der Waals surface area contributed by atoms with Crippen molar-refractivity contribution in [3.05, 3.63) is 16.7 Å². The molecule has 0 aliphatic carbocycles. The van der Waals surface area contributed by atoms with Gasteiger partial charge in [-0.25, -0.2) is 0 Å². The molecule has 1 aromatic carbocycles. The van der Waals surface area contributed by atoms with E-state index < -0.39 is 5.78 Å². The molecule has 18 heavy (non-hydrogen) atoms. The number of rotatable bonds is 1. The molecule has 0 aromatic heterocycles. The molecule has 0 saturated heterocycles. The number of hydrogen-bond acceptors (Lipinski definition) is 4. The molecule has 0 fully saturated rings. The average molecular weight is 628 g/mol. The first kappa shape index (κ1) is 19.1. The van der Waals surface area contributed by atoms with Gasteiger partial charge in [0.2, 0.25) is 0 Å². The van der Waals surface area contributed by atoms with E-state index in [1.54, 1.807) is 0 Å². The van der Waals surface area contributed by atoms with Crippen LogP contribution in [-0.4, -0.2) is 21.1 Å². The molecule has 0 aliphatic rings. The van der Waals surface area contributed by atoms with Crippen LogP contribution in [0.15, 0.2) is 0 Å². The van der Waals surface area contributed by atoms with Crippen molar-refractivity contribution >= 4 is 65.7 Å².